The summed E-state index contributed by atoms with van der Waals surface area (Å²) < 4.78 is 9.55. The highest BCUT2D eigenvalue weighted by Gasteiger charge is 2.04. The number of aromatic nitrogens is 2. The van der Waals surface area contributed by atoms with Gasteiger partial charge in [-0.3, -0.25) is 0 Å². The van der Waals surface area contributed by atoms with Gasteiger partial charge in [0.05, 0.1) is 13.2 Å². The smallest absolute Gasteiger partial charge is 0.202 e. The lowest BCUT2D eigenvalue weighted by molar-refractivity contribution is 0.115. The molecule has 1 atom stereocenters. The minimum absolute atomic E-state index is 0.228. The van der Waals surface area contributed by atoms with Gasteiger partial charge in [-0.1, -0.05) is 30.3 Å². The van der Waals surface area contributed by atoms with Crippen molar-refractivity contribution < 1.29 is 4.74 Å². The van der Waals surface area contributed by atoms with E-state index < -0.39 is 0 Å². The fourth-order valence-electron chi connectivity index (χ4n) is 1.42. The Hall–Kier alpha value is -1.46. The first-order chi connectivity index (χ1) is 8.34. The zero-order valence-corrected chi connectivity index (χ0v) is 10.5. The Morgan fingerprint density at radius 2 is 2.18 bits per heavy atom. The van der Waals surface area contributed by atoms with Crippen LogP contribution < -0.4 is 5.32 Å². The van der Waals surface area contributed by atoms with Crippen LogP contribution in [0.15, 0.2) is 36.7 Å². The molecule has 0 saturated heterocycles. The summed E-state index contributed by atoms with van der Waals surface area (Å²) in [7, 11) is 0. The molecule has 1 aromatic heterocycles. The summed E-state index contributed by atoms with van der Waals surface area (Å²) in [6, 6.07) is 10.4. The Kier molecular flexibility index (Phi) is 4.46. The van der Waals surface area contributed by atoms with Gasteiger partial charge in [-0.15, -0.1) is 0 Å². The molecule has 2 rings (SSSR count). The highest BCUT2D eigenvalue weighted by molar-refractivity contribution is 7.09. The van der Waals surface area contributed by atoms with Crippen LogP contribution in [0.4, 0.5) is 5.13 Å². The van der Waals surface area contributed by atoms with Crippen molar-refractivity contribution in [1.82, 2.24) is 9.36 Å². The van der Waals surface area contributed by atoms with Crippen LogP contribution in [0.5, 0.6) is 0 Å². The molecule has 1 aromatic carbocycles. The molecule has 5 heteroatoms. The molecule has 1 N–H and O–H groups in total. The normalized spacial score (nSPS) is 12.3. The monoisotopic (exact) mass is 249 g/mol. The quantitative estimate of drug-likeness (QED) is 0.854. The predicted octanol–water partition coefficient (Wildman–Crippen LogP) is 2.56. The second kappa shape index (κ2) is 6.32. The molecule has 1 heterocycles. The van der Waals surface area contributed by atoms with E-state index in [9.17, 15) is 0 Å². The Bertz CT molecular complexity index is 419. The lowest BCUT2D eigenvalue weighted by Crippen LogP contribution is -2.21. The molecule has 0 aliphatic rings. The second-order valence-electron chi connectivity index (χ2n) is 3.79. The zero-order chi connectivity index (χ0) is 11.9. The summed E-state index contributed by atoms with van der Waals surface area (Å²) in [6.45, 7) is 3.35. The molecule has 90 valence electrons. The van der Waals surface area contributed by atoms with Crippen LogP contribution in [-0.4, -0.2) is 22.0 Å². The molecule has 2 aromatic rings. The molecule has 4 nitrogen and oxygen atoms in total. The standard InChI is InChI=1S/C12H15N3OS/c1-10(15-12-13-9-14-17-12)7-16-8-11-5-3-2-4-6-11/h2-6,9-10H,7-8H2,1H3,(H,13,14,15). The van der Waals surface area contributed by atoms with E-state index in [0.717, 1.165) is 5.13 Å². The molecule has 0 bridgehead atoms. The second-order valence-corrected chi connectivity index (χ2v) is 4.57. The summed E-state index contributed by atoms with van der Waals surface area (Å²) in [6.07, 6.45) is 1.55. The molecule has 0 aliphatic heterocycles. The highest BCUT2D eigenvalue weighted by Crippen LogP contribution is 2.09. The largest absolute Gasteiger partial charge is 0.375 e. The van der Waals surface area contributed by atoms with Gasteiger partial charge < -0.3 is 10.1 Å². The number of nitrogens with one attached hydrogen (secondary N) is 1. The Morgan fingerprint density at radius 3 is 2.88 bits per heavy atom. The van der Waals surface area contributed by atoms with Gasteiger partial charge in [0.1, 0.15) is 6.33 Å². The van der Waals surface area contributed by atoms with Gasteiger partial charge in [-0.2, -0.15) is 4.37 Å². The number of ether oxygens (including phenoxy) is 1. The van der Waals surface area contributed by atoms with Crippen molar-refractivity contribution in [3.05, 3.63) is 42.2 Å². The topological polar surface area (TPSA) is 47.0 Å². The first-order valence-electron chi connectivity index (χ1n) is 5.49. The van der Waals surface area contributed by atoms with E-state index in [2.05, 4.69) is 33.7 Å². The van der Waals surface area contributed by atoms with E-state index in [1.807, 2.05) is 18.2 Å². The van der Waals surface area contributed by atoms with Gasteiger partial charge in [0.25, 0.3) is 0 Å². The lowest BCUT2D eigenvalue weighted by atomic mass is 10.2. The zero-order valence-electron chi connectivity index (χ0n) is 9.67. The summed E-state index contributed by atoms with van der Waals surface area (Å²) in [5, 5.41) is 4.06. The van der Waals surface area contributed by atoms with Crippen LogP contribution >= 0.6 is 11.5 Å². The number of hydrogen-bond donors (Lipinski definition) is 1. The Labute approximate surface area is 105 Å². The molecular weight excluding hydrogens is 234 g/mol. The average Bonchev–Trinajstić information content (AvgIpc) is 2.83. The van der Waals surface area contributed by atoms with E-state index >= 15 is 0 Å². The highest BCUT2D eigenvalue weighted by atomic mass is 32.1. The van der Waals surface area contributed by atoms with Crippen molar-refractivity contribution in [2.75, 3.05) is 11.9 Å². The number of rotatable bonds is 6. The fraction of sp³-hybridized carbons (Fsp3) is 0.333. The van der Waals surface area contributed by atoms with Gasteiger partial charge in [0.2, 0.25) is 5.13 Å². The van der Waals surface area contributed by atoms with Crippen molar-refractivity contribution in [2.24, 2.45) is 0 Å². The van der Waals surface area contributed by atoms with Crippen LogP contribution in [0.2, 0.25) is 0 Å². The van der Waals surface area contributed by atoms with E-state index in [1.54, 1.807) is 6.33 Å². The third kappa shape index (κ3) is 4.13. The van der Waals surface area contributed by atoms with Crippen LogP contribution in [-0.2, 0) is 11.3 Å². The third-order valence-corrected chi connectivity index (χ3v) is 2.81. The molecule has 0 fully saturated rings. The summed E-state index contributed by atoms with van der Waals surface area (Å²) in [5.41, 5.74) is 1.19. The molecule has 17 heavy (non-hydrogen) atoms. The predicted molar refractivity (Wildman–Crippen MR) is 69.1 cm³/mol. The number of nitrogens with zero attached hydrogens (tertiary/aromatic N) is 2. The maximum Gasteiger partial charge on any atom is 0.202 e. The van der Waals surface area contributed by atoms with Crippen LogP contribution in [0.25, 0.3) is 0 Å². The maximum absolute atomic E-state index is 5.62. The van der Waals surface area contributed by atoms with E-state index in [1.165, 1.54) is 17.1 Å². The van der Waals surface area contributed by atoms with Crippen molar-refractivity contribution in [2.45, 2.75) is 19.6 Å². The third-order valence-electron chi connectivity index (χ3n) is 2.21. The van der Waals surface area contributed by atoms with Gasteiger partial charge in [-0.05, 0) is 12.5 Å². The van der Waals surface area contributed by atoms with Crippen molar-refractivity contribution in [3.8, 4) is 0 Å². The molecular formula is C12H15N3OS. The fourth-order valence-corrected chi connectivity index (χ4v) is 1.96. The minimum Gasteiger partial charge on any atom is -0.375 e. The number of benzene rings is 1. The number of hydrogen-bond acceptors (Lipinski definition) is 5. The maximum atomic E-state index is 5.62. The minimum atomic E-state index is 0.228. The Morgan fingerprint density at radius 1 is 1.35 bits per heavy atom. The summed E-state index contributed by atoms with van der Waals surface area (Å²) in [4.78, 5) is 4.06. The average molecular weight is 249 g/mol. The van der Waals surface area contributed by atoms with Crippen LogP contribution in [0.1, 0.15) is 12.5 Å². The molecule has 0 saturated carbocycles. The summed E-state index contributed by atoms with van der Waals surface area (Å²) >= 11 is 1.35. The molecule has 0 amide bonds. The van der Waals surface area contributed by atoms with Gasteiger partial charge in [0, 0.05) is 17.6 Å². The van der Waals surface area contributed by atoms with Gasteiger partial charge in [0.15, 0.2) is 0 Å². The number of anilines is 1. The molecule has 0 spiro atoms. The van der Waals surface area contributed by atoms with Gasteiger partial charge in [-0.25, -0.2) is 4.98 Å². The van der Waals surface area contributed by atoms with Crippen molar-refractivity contribution >= 4 is 16.7 Å². The lowest BCUT2D eigenvalue weighted by Gasteiger charge is -2.12. The first kappa shape index (κ1) is 12.0. The SMILES string of the molecule is CC(COCc1ccccc1)Nc1ncns1. The van der Waals surface area contributed by atoms with E-state index in [-0.39, 0.29) is 6.04 Å². The van der Waals surface area contributed by atoms with Crippen molar-refractivity contribution in [3.63, 3.8) is 0 Å². The van der Waals surface area contributed by atoms with Crippen molar-refractivity contribution in [1.29, 1.82) is 0 Å². The Balaban J connectivity index is 1.68. The molecule has 1 unspecified atom stereocenters. The van der Waals surface area contributed by atoms with Crippen LogP contribution in [0.3, 0.4) is 0 Å². The summed E-state index contributed by atoms with van der Waals surface area (Å²) in [5.74, 6) is 0. The van der Waals surface area contributed by atoms with E-state index in [4.69, 9.17) is 4.74 Å². The van der Waals surface area contributed by atoms with E-state index in [0.29, 0.717) is 13.2 Å². The van der Waals surface area contributed by atoms with Gasteiger partial charge >= 0.3 is 0 Å². The van der Waals surface area contributed by atoms with Crippen LogP contribution in [0, 0.1) is 0 Å². The molecule has 0 aliphatic carbocycles. The molecule has 0 radical (unpaired) electrons. The first-order valence-corrected chi connectivity index (χ1v) is 6.27.